The number of rotatable bonds is 4. The molecular weight excluding hydrogens is 270 g/mol. The van der Waals surface area contributed by atoms with Crippen LogP contribution in [0.4, 0.5) is 11.4 Å². The first-order valence-electron chi connectivity index (χ1n) is 5.18. The molecule has 2 aromatic rings. The number of aromatic carboxylic acids is 1. The van der Waals surface area contributed by atoms with Crippen LogP contribution in [-0.2, 0) is 0 Å². The number of carboxylic acid groups (broad SMARTS) is 1. The fourth-order valence-corrected chi connectivity index (χ4v) is 1.43. The standard InChI is InChI=1S/C10H7N5O5/c16-9(8-4-11-14-13-8)12-7-2-1-5(15(19)20)3-6(7)10(17)18/h1-4H,(H,12,16)(H,17,18)(H,11,13,14). The number of nitro groups is 1. The van der Waals surface area contributed by atoms with Gasteiger partial charge in [-0.05, 0) is 6.07 Å². The van der Waals surface area contributed by atoms with Crippen molar-refractivity contribution in [2.75, 3.05) is 5.32 Å². The fraction of sp³-hybridized carbons (Fsp3) is 0. The lowest BCUT2D eigenvalue weighted by Crippen LogP contribution is -2.15. The summed E-state index contributed by atoms with van der Waals surface area (Å²) in [7, 11) is 0. The number of carbonyl (C=O) groups excluding carboxylic acids is 1. The summed E-state index contributed by atoms with van der Waals surface area (Å²) in [4.78, 5) is 32.6. The highest BCUT2D eigenvalue weighted by Gasteiger charge is 2.18. The third kappa shape index (κ3) is 2.58. The maximum atomic E-state index is 11.7. The van der Waals surface area contributed by atoms with Crippen LogP contribution < -0.4 is 5.32 Å². The Morgan fingerprint density at radius 2 is 2.15 bits per heavy atom. The molecule has 3 N–H and O–H groups in total. The van der Waals surface area contributed by atoms with E-state index in [-0.39, 0.29) is 17.1 Å². The number of hydrogen-bond acceptors (Lipinski definition) is 6. The van der Waals surface area contributed by atoms with E-state index >= 15 is 0 Å². The van der Waals surface area contributed by atoms with Crippen LogP contribution in [0.3, 0.4) is 0 Å². The van der Waals surface area contributed by atoms with Crippen LogP contribution in [0.15, 0.2) is 24.4 Å². The molecule has 0 spiro atoms. The maximum absolute atomic E-state index is 11.7. The molecule has 0 fully saturated rings. The number of aromatic nitrogens is 3. The number of carboxylic acids is 1. The molecule has 1 heterocycles. The molecule has 1 aromatic heterocycles. The van der Waals surface area contributed by atoms with Gasteiger partial charge in [0, 0.05) is 12.1 Å². The number of non-ortho nitro benzene ring substituents is 1. The van der Waals surface area contributed by atoms with Gasteiger partial charge in [0.25, 0.3) is 11.6 Å². The molecule has 102 valence electrons. The Bertz CT molecular complexity index is 681. The molecule has 10 heteroatoms. The summed E-state index contributed by atoms with van der Waals surface area (Å²) < 4.78 is 0. The number of carbonyl (C=O) groups is 2. The van der Waals surface area contributed by atoms with Crippen molar-refractivity contribution in [3.63, 3.8) is 0 Å². The van der Waals surface area contributed by atoms with Gasteiger partial charge < -0.3 is 10.4 Å². The first-order chi connectivity index (χ1) is 9.49. The molecule has 1 amide bonds. The zero-order valence-electron chi connectivity index (χ0n) is 9.73. The summed E-state index contributed by atoms with van der Waals surface area (Å²) in [5.74, 6) is -2.08. The van der Waals surface area contributed by atoms with Crippen molar-refractivity contribution in [1.29, 1.82) is 0 Å². The lowest BCUT2D eigenvalue weighted by molar-refractivity contribution is -0.384. The number of nitrogens with one attached hydrogen (secondary N) is 2. The zero-order chi connectivity index (χ0) is 14.7. The third-order valence-corrected chi connectivity index (χ3v) is 2.34. The van der Waals surface area contributed by atoms with E-state index in [0.29, 0.717) is 0 Å². The molecule has 1 aromatic carbocycles. The molecule has 0 unspecified atom stereocenters. The number of benzene rings is 1. The summed E-state index contributed by atoms with van der Waals surface area (Å²) >= 11 is 0. The number of nitro benzene ring substituents is 1. The molecule has 2 rings (SSSR count). The van der Waals surface area contributed by atoms with E-state index in [2.05, 4.69) is 20.7 Å². The van der Waals surface area contributed by atoms with E-state index in [1.807, 2.05) is 0 Å². The molecule has 0 saturated carbocycles. The van der Waals surface area contributed by atoms with Gasteiger partial charge in [0.15, 0.2) is 5.69 Å². The Hall–Kier alpha value is -3.30. The van der Waals surface area contributed by atoms with Gasteiger partial charge in [0.05, 0.1) is 22.4 Å². The number of aromatic amines is 1. The van der Waals surface area contributed by atoms with Gasteiger partial charge in [-0.2, -0.15) is 15.4 Å². The van der Waals surface area contributed by atoms with Gasteiger partial charge in [-0.25, -0.2) is 4.79 Å². The largest absolute Gasteiger partial charge is 0.478 e. The van der Waals surface area contributed by atoms with Crippen LogP contribution in [0.5, 0.6) is 0 Å². The van der Waals surface area contributed by atoms with E-state index in [1.54, 1.807) is 0 Å². The third-order valence-electron chi connectivity index (χ3n) is 2.34. The summed E-state index contributed by atoms with van der Waals surface area (Å²) in [5, 5.41) is 31.1. The Labute approximate surface area is 110 Å². The quantitative estimate of drug-likeness (QED) is 0.548. The Morgan fingerprint density at radius 3 is 2.70 bits per heavy atom. The van der Waals surface area contributed by atoms with Crippen molar-refractivity contribution < 1.29 is 19.6 Å². The molecule has 0 bridgehead atoms. The monoisotopic (exact) mass is 277 g/mol. The molecule has 10 nitrogen and oxygen atoms in total. The normalized spacial score (nSPS) is 10.0. The average Bonchev–Trinajstić information content (AvgIpc) is 2.92. The fourth-order valence-electron chi connectivity index (χ4n) is 1.43. The molecule has 0 radical (unpaired) electrons. The van der Waals surface area contributed by atoms with E-state index in [0.717, 1.165) is 24.4 Å². The van der Waals surface area contributed by atoms with Gasteiger partial charge in [0.1, 0.15) is 0 Å². The minimum Gasteiger partial charge on any atom is -0.478 e. The van der Waals surface area contributed by atoms with Gasteiger partial charge >= 0.3 is 5.97 Å². The highest BCUT2D eigenvalue weighted by molar-refractivity contribution is 6.06. The predicted molar refractivity (Wildman–Crippen MR) is 64.4 cm³/mol. The number of H-pyrrole nitrogens is 1. The first kappa shape index (κ1) is 13.1. The first-order valence-corrected chi connectivity index (χ1v) is 5.18. The van der Waals surface area contributed by atoms with Crippen LogP contribution >= 0.6 is 0 Å². The Kier molecular flexibility index (Phi) is 3.37. The minimum absolute atomic E-state index is 0.0420. The van der Waals surface area contributed by atoms with Crippen molar-refractivity contribution in [3.8, 4) is 0 Å². The molecule has 0 aliphatic rings. The number of anilines is 1. The van der Waals surface area contributed by atoms with Crippen molar-refractivity contribution in [1.82, 2.24) is 15.4 Å². The van der Waals surface area contributed by atoms with Gasteiger partial charge in [-0.15, -0.1) is 0 Å². The van der Waals surface area contributed by atoms with Crippen molar-refractivity contribution >= 4 is 23.3 Å². The second kappa shape index (κ2) is 5.14. The van der Waals surface area contributed by atoms with E-state index in [9.17, 15) is 19.7 Å². The second-order valence-corrected chi connectivity index (χ2v) is 3.60. The minimum atomic E-state index is -1.40. The van der Waals surface area contributed by atoms with E-state index < -0.39 is 22.4 Å². The van der Waals surface area contributed by atoms with Crippen LogP contribution in [0.1, 0.15) is 20.8 Å². The number of hydrogen-bond donors (Lipinski definition) is 3. The van der Waals surface area contributed by atoms with Crippen LogP contribution in [-0.4, -0.2) is 37.3 Å². The Morgan fingerprint density at radius 1 is 1.40 bits per heavy atom. The van der Waals surface area contributed by atoms with E-state index in [4.69, 9.17) is 5.11 Å². The van der Waals surface area contributed by atoms with Crippen molar-refractivity contribution in [2.24, 2.45) is 0 Å². The van der Waals surface area contributed by atoms with Crippen LogP contribution in [0.2, 0.25) is 0 Å². The lowest BCUT2D eigenvalue weighted by atomic mass is 10.1. The number of nitrogens with zero attached hydrogens (tertiary/aromatic N) is 3. The van der Waals surface area contributed by atoms with E-state index in [1.165, 1.54) is 0 Å². The predicted octanol–water partition coefficient (Wildman–Crippen LogP) is 0.663. The summed E-state index contributed by atoms with van der Waals surface area (Å²) in [6.45, 7) is 0. The van der Waals surface area contributed by atoms with Crippen LogP contribution in [0.25, 0.3) is 0 Å². The summed E-state index contributed by atoms with van der Waals surface area (Å²) in [5.41, 5.74) is -0.895. The molecule has 0 atom stereocenters. The molecule has 20 heavy (non-hydrogen) atoms. The zero-order valence-corrected chi connectivity index (χ0v) is 9.73. The van der Waals surface area contributed by atoms with Gasteiger partial charge in [-0.3, -0.25) is 14.9 Å². The van der Waals surface area contributed by atoms with Crippen molar-refractivity contribution in [3.05, 3.63) is 45.8 Å². The maximum Gasteiger partial charge on any atom is 0.338 e. The highest BCUT2D eigenvalue weighted by atomic mass is 16.6. The topological polar surface area (TPSA) is 151 Å². The van der Waals surface area contributed by atoms with Gasteiger partial charge in [-0.1, -0.05) is 0 Å². The smallest absolute Gasteiger partial charge is 0.338 e. The molecular formula is C10H7N5O5. The molecule has 0 aliphatic carbocycles. The second-order valence-electron chi connectivity index (χ2n) is 3.60. The van der Waals surface area contributed by atoms with Crippen molar-refractivity contribution in [2.45, 2.75) is 0 Å². The summed E-state index contributed by atoms with van der Waals surface area (Å²) in [6.07, 6.45) is 1.15. The molecule has 0 saturated heterocycles. The number of amides is 1. The summed E-state index contributed by atoms with van der Waals surface area (Å²) in [6, 6.07) is 3.09. The van der Waals surface area contributed by atoms with Crippen LogP contribution in [0, 0.1) is 10.1 Å². The SMILES string of the molecule is O=C(Nc1ccc([N+](=O)[O-])cc1C(=O)O)c1cn[nH]n1. The highest BCUT2D eigenvalue weighted by Crippen LogP contribution is 2.22. The average molecular weight is 277 g/mol. The van der Waals surface area contributed by atoms with Gasteiger partial charge in [0.2, 0.25) is 0 Å². The molecule has 0 aliphatic heterocycles. The Balaban J connectivity index is 2.34. The lowest BCUT2D eigenvalue weighted by Gasteiger charge is -2.06.